The molecule has 1 aromatic carbocycles. The van der Waals surface area contributed by atoms with Gasteiger partial charge in [-0.1, -0.05) is 12.1 Å². The first-order valence-corrected chi connectivity index (χ1v) is 8.44. The quantitative estimate of drug-likeness (QED) is 0.790. The molecule has 1 saturated heterocycles. The molecule has 1 amide bonds. The van der Waals surface area contributed by atoms with Crippen LogP contribution in [0.3, 0.4) is 0 Å². The van der Waals surface area contributed by atoms with E-state index in [0.29, 0.717) is 38.4 Å². The van der Waals surface area contributed by atoms with Crippen LogP contribution in [0.4, 0.5) is 4.39 Å². The molecule has 1 atom stereocenters. The van der Waals surface area contributed by atoms with Crippen molar-refractivity contribution < 1.29 is 23.8 Å². The van der Waals surface area contributed by atoms with Crippen molar-refractivity contribution in [2.75, 3.05) is 26.4 Å². The van der Waals surface area contributed by atoms with Crippen molar-refractivity contribution in [1.29, 1.82) is 0 Å². The lowest BCUT2D eigenvalue weighted by atomic mass is 9.72. The van der Waals surface area contributed by atoms with E-state index >= 15 is 0 Å². The van der Waals surface area contributed by atoms with Crippen molar-refractivity contribution in [1.82, 2.24) is 5.32 Å². The molecule has 1 aliphatic heterocycles. The van der Waals surface area contributed by atoms with Gasteiger partial charge in [0.25, 0.3) is 0 Å². The van der Waals surface area contributed by atoms with Gasteiger partial charge in [-0.15, -0.1) is 0 Å². The highest BCUT2D eigenvalue weighted by atomic mass is 19.1. The second-order valence-electron chi connectivity index (χ2n) is 6.95. The van der Waals surface area contributed by atoms with E-state index in [9.17, 15) is 14.3 Å². The van der Waals surface area contributed by atoms with Crippen LogP contribution in [0.25, 0.3) is 0 Å². The molecular formula is C18H24FNO4. The van der Waals surface area contributed by atoms with Crippen LogP contribution in [-0.2, 0) is 20.7 Å². The minimum absolute atomic E-state index is 0.0370. The summed E-state index contributed by atoms with van der Waals surface area (Å²) in [5.41, 5.74) is -0.0993. The summed E-state index contributed by atoms with van der Waals surface area (Å²) in [6.45, 7) is 2.06. The Morgan fingerprint density at radius 2 is 2.29 bits per heavy atom. The number of halogens is 1. The minimum Gasteiger partial charge on any atom is -0.389 e. The van der Waals surface area contributed by atoms with E-state index in [2.05, 4.69) is 5.32 Å². The number of hydrogen-bond acceptors (Lipinski definition) is 4. The number of benzene rings is 1. The Labute approximate surface area is 141 Å². The summed E-state index contributed by atoms with van der Waals surface area (Å²) in [4.78, 5) is 11.8. The van der Waals surface area contributed by atoms with Crippen molar-refractivity contribution in [2.45, 2.75) is 37.3 Å². The Bertz CT molecular complexity index is 568. The number of aliphatic hydroxyl groups is 1. The molecule has 132 valence electrons. The van der Waals surface area contributed by atoms with Crippen LogP contribution in [0.15, 0.2) is 24.3 Å². The van der Waals surface area contributed by atoms with Crippen LogP contribution < -0.4 is 5.32 Å². The van der Waals surface area contributed by atoms with Gasteiger partial charge in [0.1, 0.15) is 12.4 Å². The topological polar surface area (TPSA) is 67.8 Å². The van der Waals surface area contributed by atoms with Gasteiger partial charge < -0.3 is 19.9 Å². The Morgan fingerprint density at radius 1 is 1.46 bits per heavy atom. The average Bonchev–Trinajstić information content (AvgIpc) is 2.99. The molecule has 0 aromatic heterocycles. The lowest BCUT2D eigenvalue weighted by Gasteiger charge is -2.44. The smallest absolute Gasteiger partial charge is 0.246 e. The van der Waals surface area contributed by atoms with E-state index in [0.717, 1.165) is 18.6 Å². The van der Waals surface area contributed by atoms with E-state index in [1.807, 2.05) is 0 Å². The van der Waals surface area contributed by atoms with Gasteiger partial charge in [-0.3, -0.25) is 4.79 Å². The zero-order chi connectivity index (χ0) is 17.0. The molecule has 3 rings (SSSR count). The van der Waals surface area contributed by atoms with E-state index in [1.54, 1.807) is 12.1 Å². The minimum atomic E-state index is -0.867. The highest BCUT2D eigenvalue weighted by Crippen LogP contribution is 2.35. The van der Waals surface area contributed by atoms with Crippen LogP contribution in [0.1, 0.15) is 24.8 Å². The first-order chi connectivity index (χ1) is 11.5. The summed E-state index contributed by atoms with van der Waals surface area (Å²) in [5.74, 6) is -0.0744. The molecule has 1 saturated carbocycles. The predicted octanol–water partition coefficient (Wildman–Crippen LogP) is 1.43. The molecule has 1 aliphatic carbocycles. The fourth-order valence-corrected chi connectivity index (χ4v) is 3.43. The molecule has 24 heavy (non-hydrogen) atoms. The van der Waals surface area contributed by atoms with Crippen molar-refractivity contribution in [3.8, 4) is 0 Å². The first-order valence-electron chi connectivity index (χ1n) is 8.44. The van der Waals surface area contributed by atoms with Gasteiger partial charge in [-0.2, -0.15) is 0 Å². The Morgan fingerprint density at radius 3 is 3.00 bits per heavy atom. The molecule has 1 aromatic rings. The lowest BCUT2D eigenvalue weighted by molar-refractivity contribution is -0.130. The average molecular weight is 337 g/mol. The van der Waals surface area contributed by atoms with Gasteiger partial charge in [0.15, 0.2) is 0 Å². The van der Waals surface area contributed by atoms with E-state index in [1.165, 1.54) is 12.1 Å². The zero-order valence-electron chi connectivity index (χ0n) is 13.7. The number of ether oxygens (including phenoxy) is 2. The molecule has 0 spiro atoms. The lowest BCUT2D eigenvalue weighted by Crippen LogP contribution is -2.56. The molecule has 5 nitrogen and oxygen atoms in total. The molecule has 1 heterocycles. The Hall–Kier alpha value is -1.50. The van der Waals surface area contributed by atoms with Gasteiger partial charge in [-0.25, -0.2) is 4.39 Å². The number of amides is 1. The third-order valence-corrected chi connectivity index (χ3v) is 4.65. The molecule has 6 heteroatoms. The zero-order valence-corrected chi connectivity index (χ0v) is 13.7. The fourth-order valence-electron chi connectivity index (χ4n) is 3.43. The molecule has 0 bridgehead atoms. The second-order valence-corrected chi connectivity index (χ2v) is 6.95. The monoisotopic (exact) mass is 337 g/mol. The Balaban J connectivity index is 1.34. The van der Waals surface area contributed by atoms with Gasteiger partial charge in [0, 0.05) is 25.0 Å². The molecular weight excluding hydrogens is 313 g/mol. The van der Waals surface area contributed by atoms with Crippen LogP contribution >= 0.6 is 0 Å². The molecule has 2 fully saturated rings. The molecule has 1 unspecified atom stereocenters. The van der Waals surface area contributed by atoms with Crippen LogP contribution in [0.5, 0.6) is 0 Å². The van der Waals surface area contributed by atoms with E-state index in [-0.39, 0.29) is 24.4 Å². The first kappa shape index (κ1) is 17.3. The summed E-state index contributed by atoms with van der Waals surface area (Å²) >= 11 is 0. The summed E-state index contributed by atoms with van der Waals surface area (Å²) in [6, 6.07) is 6.21. The highest BCUT2D eigenvalue weighted by Gasteiger charge is 2.43. The standard InChI is InChI=1S/C18H24FNO4/c19-15-3-1-2-13(6-15)7-18(22)8-16(9-18)20-17(21)12-24-11-14-4-5-23-10-14/h1-3,6,14,16,22H,4-5,7-12H2,(H,20,21). The maximum atomic E-state index is 13.2. The van der Waals surface area contributed by atoms with Gasteiger partial charge >= 0.3 is 0 Å². The predicted molar refractivity (Wildman–Crippen MR) is 86.0 cm³/mol. The van der Waals surface area contributed by atoms with E-state index < -0.39 is 5.60 Å². The maximum absolute atomic E-state index is 13.2. The number of carbonyl (C=O) groups is 1. The second kappa shape index (κ2) is 7.59. The molecule has 2 N–H and O–H groups in total. The van der Waals surface area contributed by atoms with Crippen molar-refractivity contribution in [2.24, 2.45) is 5.92 Å². The molecule has 2 aliphatic rings. The SMILES string of the molecule is O=C(COCC1CCOC1)NC1CC(O)(Cc2cccc(F)c2)C1. The number of carbonyl (C=O) groups excluding carboxylic acids is 1. The van der Waals surface area contributed by atoms with E-state index in [4.69, 9.17) is 9.47 Å². The third-order valence-electron chi connectivity index (χ3n) is 4.65. The highest BCUT2D eigenvalue weighted by molar-refractivity contribution is 5.77. The number of nitrogens with one attached hydrogen (secondary N) is 1. The third kappa shape index (κ3) is 4.75. The van der Waals surface area contributed by atoms with Crippen LogP contribution in [-0.4, -0.2) is 49.1 Å². The summed E-state index contributed by atoms with van der Waals surface area (Å²) < 4.78 is 23.8. The fraction of sp³-hybridized carbons (Fsp3) is 0.611. The summed E-state index contributed by atoms with van der Waals surface area (Å²) in [7, 11) is 0. The van der Waals surface area contributed by atoms with Crippen molar-refractivity contribution in [3.05, 3.63) is 35.6 Å². The largest absolute Gasteiger partial charge is 0.389 e. The van der Waals surface area contributed by atoms with Crippen molar-refractivity contribution in [3.63, 3.8) is 0 Å². The van der Waals surface area contributed by atoms with Gasteiger partial charge in [0.05, 0.1) is 18.8 Å². The van der Waals surface area contributed by atoms with Crippen molar-refractivity contribution >= 4 is 5.91 Å². The summed E-state index contributed by atoms with van der Waals surface area (Å²) in [6.07, 6.45) is 2.34. The normalized spacial score (nSPS) is 29.2. The molecule has 0 radical (unpaired) electrons. The number of hydrogen-bond donors (Lipinski definition) is 2. The van der Waals surface area contributed by atoms with Gasteiger partial charge in [0.2, 0.25) is 5.91 Å². The number of rotatable bonds is 7. The van der Waals surface area contributed by atoms with Gasteiger partial charge in [-0.05, 0) is 37.0 Å². The summed E-state index contributed by atoms with van der Waals surface area (Å²) in [5, 5.41) is 13.3. The Kier molecular flexibility index (Phi) is 5.48. The maximum Gasteiger partial charge on any atom is 0.246 e. The van der Waals surface area contributed by atoms with Crippen LogP contribution in [0.2, 0.25) is 0 Å². The van der Waals surface area contributed by atoms with Crippen LogP contribution in [0, 0.1) is 11.7 Å².